The predicted octanol–water partition coefficient (Wildman–Crippen LogP) is 5.23. The SMILES string of the molecule is CC(C)CC(=O)Nc1ccc(N2CCN(C(=O)Nc3ccccc3F)CC2)c(C(=O)NCc2ccc(F)cc2)c1. The van der Waals surface area contributed by atoms with Crippen LogP contribution in [-0.4, -0.2) is 48.9 Å². The van der Waals surface area contributed by atoms with Gasteiger partial charge in [-0.1, -0.05) is 38.1 Å². The molecular formula is C30H33F2N5O3. The zero-order valence-electron chi connectivity index (χ0n) is 22.5. The van der Waals surface area contributed by atoms with Gasteiger partial charge in [0.15, 0.2) is 0 Å². The molecule has 0 radical (unpaired) electrons. The second-order valence-electron chi connectivity index (χ2n) is 10.1. The van der Waals surface area contributed by atoms with Gasteiger partial charge < -0.3 is 25.8 Å². The van der Waals surface area contributed by atoms with E-state index in [-0.39, 0.29) is 35.8 Å². The van der Waals surface area contributed by atoms with Gasteiger partial charge in [0.2, 0.25) is 5.91 Å². The number of para-hydroxylation sites is 1. The molecule has 3 aromatic rings. The number of nitrogens with one attached hydrogen (secondary N) is 3. The Morgan fingerprint density at radius 3 is 2.25 bits per heavy atom. The van der Waals surface area contributed by atoms with E-state index in [0.29, 0.717) is 49.5 Å². The Bertz CT molecular complexity index is 1360. The van der Waals surface area contributed by atoms with Crippen LogP contribution < -0.4 is 20.9 Å². The molecule has 1 aliphatic rings. The molecule has 0 aromatic heterocycles. The van der Waals surface area contributed by atoms with Crippen molar-refractivity contribution in [3.63, 3.8) is 0 Å². The van der Waals surface area contributed by atoms with Crippen LogP contribution in [0.2, 0.25) is 0 Å². The highest BCUT2D eigenvalue weighted by atomic mass is 19.1. The number of hydrogen-bond donors (Lipinski definition) is 3. The molecule has 3 aromatic carbocycles. The van der Waals surface area contributed by atoms with Gasteiger partial charge in [0.05, 0.1) is 11.3 Å². The zero-order valence-corrected chi connectivity index (χ0v) is 22.5. The summed E-state index contributed by atoms with van der Waals surface area (Å²) in [7, 11) is 0. The van der Waals surface area contributed by atoms with E-state index in [9.17, 15) is 23.2 Å². The summed E-state index contributed by atoms with van der Waals surface area (Å²) in [6, 6.07) is 16.6. The molecule has 0 spiro atoms. The number of piperazine rings is 1. The molecule has 1 saturated heterocycles. The maximum atomic E-state index is 14.0. The van der Waals surface area contributed by atoms with Crippen molar-refractivity contribution >= 4 is 34.9 Å². The lowest BCUT2D eigenvalue weighted by molar-refractivity contribution is -0.116. The van der Waals surface area contributed by atoms with Crippen LogP contribution in [-0.2, 0) is 11.3 Å². The maximum Gasteiger partial charge on any atom is 0.322 e. The normalized spacial score (nSPS) is 13.2. The molecule has 210 valence electrons. The number of nitrogens with zero attached hydrogens (tertiary/aromatic N) is 2. The molecule has 0 bridgehead atoms. The zero-order chi connectivity index (χ0) is 28.6. The van der Waals surface area contributed by atoms with Crippen molar-refractivity contribution in [1.82, 2.24) is 10.2 Å². The first-order valence-electron chi connectivity index (χ1n) is 13.2. The molecule has 0 saturated carbocycles. The van der Waals surface area contributed by atoms with E-state index in [0.717, 1.165) is 5.56 Å². The number of urea groups is 1. The molecule has 0 unspecified atom stereocenters. The third-order valence-electron chi connectivity index (χ3n) is 6.51. The molecule has 4 rings (SSSR count). The summed E-state index contributed by atoms with van der Waals surface area (Å²) in [5.41, 5.74) is 2.39. The van der Waals surface area contributed by atoms with Crippen LogP contribution in [0.1, 0.15) is 36.2 Å². The molecule has 0 aliphatic carbocycles. The van der Waals surface area contributed by atoms with Crippen LogP contribution >= 0.6 is 0 Å². The summed E-state index contributed by atoms with van der Waals surface area (Å²) in [5.74, 6) is -1.17. The monoisotopic (exact) mass is 549 g/mol. The van der Waals surface area contributed by atoms with Gasteiger partial charge in [-0.3, -0.25) is 9.59 Å². The lowest BCUT2D eigenvalue weighted by Crippen LogP contribution is -2.50. The van der Waals surface area contributed by atoms with E-state index in [2.05, 4.69) is 16.0 Å². The van der Waals surface area contributed by atoms with Crippen LogP contribution in [0.3, 0.4) is 0 Å². The fourth-order valence-corrected chi connectivity index (χ4v) is 4.44. The van der Waals surface area contributed by atoms with Crippen LogP contribution in [0.25, 0.3) is 0 Å². The fraction of sp³-hybridized carbons (Fsp3) is 0.300. The molecule has 1 aliphatic heterocycles. The Morgan fingerprint density at radius 1 is 0.875 bits per heavy atom. The van der Waals surface area contributed by atoms with Gasteiger partial charge in [0, 0.05) is 50.5 Å². The third-order valence-corrected chi connectivity index (χ3v) is 6.51. The van der Waals surface area contributed by atoms with Crippen molar-refractivity contribution in [2.24, 2.45) is 5.92 Å². The number of anilines is 3. The topological polar surface area (TPSA) is 93.8 Å². The van der Waals surface area contributed by atoms with Crippen molar-refractivity contribution < 1.29 is 23.2 Å². The Hall–Kier alpha value is -4.47. The minimum Gasteiger partial charge on any atom is -0.367 e. The molecule has 4 amide bonds. The van der Waals surface area contributed by atoms with Crippen LogP contribution in [0.5, 0.6) is 0 Å². The summed E-state index contributed by atoms with van der Waals surface area (Å²) in [5, 5.41) is 8.34. The average Bonchev–Trinajstić information content (AvgIpc) is 2.93. The number of hydrogen-bond acceptors (Lipinski definition) is 4. The summed E-state index contributed by atoms with van der Waals surface area (Å²) in [4.78, 5) is 42.0. The summed E-state index contributed by atoms with van der Waals surface area (Å²) in [6.07, 6.45) is 0.352. The minimum atomic E-state index is -0.508. The molecule has 10 heteroatoms. The second kappa shape index (κ2) is 13.1. The van der Waals surface area contributed by atoms with Gasteiger partial charge in [0.1, 0.15) is 11.6 Å². The predicted molar refractivity (Wildman–Crippen MR) is 151 cm³/mol. The number of halogens is 2. The number of carbonyl (C=O) groups is 3. The van der Waals surface area contributed by atoms with Gasteiger partial charge in [-0.05, 0) is 53.9 Å². The van der Waals surface area contributed by atoms with E-state index in [4.69, 9.17) is 0 Å². The van der Waals surface area contributed by atoms with Crippen molar-refractivity contribution in [2.75, 3.05) is 41.7 Å². The van der Waals surface area contributed by atoms with Crippen LogP contribution in [0, 0.1) is 17.6 Å². The lowest BCUT2D eigenvalue weighted by atomic mass is 10.1. The molecule has 3 N–H and O–H groups in total. The van der Waals surface area contributed by atoms with Gasteiger partial charge in [0.25, 0.3) is 5.91 Å². The number of benzene rings is 3. The minimum absolute atomic E-state index is 0.116. The Balaban J connectivity index is 1.47. The Morgan fingerprint density at radius 2 is 1.57 bits per heavy atom. The number of carbonyl (C=O) groups excluding carboxylic acids is 3. The second-order valence-corrected chi connectivity index (χ2v) is 10.1. The third kappa shape index (κ3) is 7.56. The van der Waals surface area contributed by atoms with Crippen molar-refractivity contribution in [2.45, 2.75) is 26.8 Å². The molecule has 1 heterocycles. The smallest absolute Gasteiger partial charge is 0.322 e. The standard InChI is InChI=1S/C30H33F2N5O3/c1-20(2)17-28(38)34-23-11-12-27(24(18-23)29(39)33-19-21-7-9-22(31)10-8-21)36-13-15-37(16-14-36)30(40)35-26-6-4-3-5-25(26)32/h3-12,18,20H,13-17,19H2,1-2H3,(H,33,39)(H,34,38)(H,35,40). The summed E-state index contributed by atoms with van der Waals surface area (Å²) in [6.45, 7) is 5.73. The first-order chi connectivity index (χ1) is 19.2. The molecule has 0 atom stereocenters. The van der Waals surface area contributed by atoms with Crippen molar-refractivity contribution in [1.29, 1.82) is 0 Å². The Labute approximate surface area is 232 Å². The first kappa shape index (κ1) is 28.5. The highest BCUT2D eigenvalue weighted by Crippen LogP contribution is 2.27. The van der Waals surface area contributed by atoms with Crippen molar-refractivity contribution in [3.8, 4) is 0 Å². The van der Waals surface area contributed by atoms with E-state index >= 15 is 0 Å². The van der Waals surface area contributed by atoms with Crippen LogP contribution in [0.15, 0.2) is 66.7 Å². The van der Waals surface area contributed by atoms with Crippen LogP contribution in [0.4, 0.5) is 30.6 Å². The van der Waals surface area contributed by atoms with E-state index < -0.39 is 11.8 Å². The Kier molecular flexibility index (Phi) is 9.31. The molecule has 40 heavy (non-hydrogen) atoms. The largest absolute Gasteiger partial charge is 0.367 e. The van der Waals surface area contributed by atoms with E-state index in [1.54, 1.807) is 47.4 Å². The van der Waals surface area contributed by atoms with Gasteiger partial charge in [-0.15, -0.1) is 0 Å². The fourth-order valence-electron chi connectivity index (χ4n) is 4.44. The first-order valence-corrected chi connectivity index (χ1v) is 13.2. The molecule has 1 fully saturated rings. The highest BCUT2D eigenvalue weighted by molar-refractivity contribution is 6.02. The van der Waals surface area contributed by atoms with Crippen molar-refractivity contribution in [3.05, 3.63) is 89.5 Å². The summed E-state index contributed by atoms with van der Waals surface area (Å²) >= 11 is 0. The highest BCUT2D eigenvalue weighted by Gasteiger charge is 2.25. The molecule has 8 nitrogen and oxygen atoms in total. The quantitative estimate of drug-likeness (QED) is 0.359. The van der Waals surface area contributed by atoms with Gasteiger partial charge in [-0.2, -0.15) is 0 Å². The summed E-state index contributed by atoms with van der Waals surface area (Å²) < 4.78 is 27.2. The maximum absolute atomic E-state index is 14.0. The van der Waals surface area contributed by atoms with Gasteiger partial charge >= 0.3 is 6.03 Å². The van der Waals surface area contributed by atoms with Gasteiger partial charge in [-0.25, -0.2) is 13.6 Å². The van der Waals surface area contributed by atoms with E-state index in [1.807, 2.05) is 18.7 Å². The molecular weight excluding hydrogens is 516 g/mol. The number of amides is 4. The van der Waals surface area contributed by atoms with E-state index in [1.165, 1.54) is 24.3 Å². The lowest BCUT2D eigenvalue weighted by Gasteiger charge is -2.37. The average molecular weight is 550 g/mol. The number of rotatable bonds is 8.